The van der Waals surface area contributed by atoms with E-state index in [9.17, 15) is 4.79 Å². The Bertz CT molecular complexity index is 445. The summed E-state index contributed by atoms with van der Waals surface area (Å²) in [5, 5.41) is 11.7. The number of nitrogens with zero attached hydrogens (tertiary/aromatic N) is 2. The van der Waals surface area contributed by atoms with Gasteiger partial charge in [0.15, 0.2) is 5.69 Å². The van der Waals surface area contributed by atoms with Crippen LogP contribution in [0.25, 0.3) is 0 Å². The van der Waals surface area contributed by atoms with E-state index >= 15 is 0 Å². The highest BCUT2D eigenvalue weighted by Crippen LogP contribution is 2.09. The molecule has 1 aromatic heterocycles. The Morgan fingerprint density at radius 3 is 3.00 bits per heavy atom. The third kappa shape index (κ3) is 4.78. The molecule has 0 saturated carbocycles. The molecule has 2 heterocycles. The lowest BCUT2D eigenvalue weighted by Gasteiger charge is -2.26. The maximum absolute atomic E-state index is 11.8. The van der Waals surface area contributed by atoms with E-state index in [-0.39, 0.29) is 24.1 Å². The van der Waals surface area contributed by atoms with Crippen molar-refractivity contribution in [1.82, 2.24) is 15.2 Å². The van der Waals surface area contributed by atoms with E-state index in [1.165, 1.54) is 6.26 Å². The summed E-state index contributed by atoms with van der Waals surface area (Å²) in [5.74, 6) is -0.131. The second-order valence-corrected chi connectivity index (χ2v) is 4.92. The van der Waals surface area contributed by atoms with Gasteiger partial charge in [-0.3, -0.25) is 9.69 Å². The number of aliphatic hydroxyl groups is 1. The largest absolute Gasteiger partial charge is 0.446 e. The first-order chi connectivity index (χ1) is 10.2. The van der Waals surface area contributed by atoms with Crippen LogP contribution in [0, 0.1) is 0 Å². The second kappa shape index (κ2) is 8.08. The van der Waals surface area contributed by atoms with Crippen molar-refractivity contribution in [3.05, 3.63) is 17.8 Å². The fourth-order valence-corrected chi connectivity index (χ4v) is 2.06. The van der Waals surface area contributed by atoms with Crippen molar-refractivity contribution in [2.24, 2.45) is 5.73 Å². The van der Waals surface area contributed by atoms with E-state index < -0.39 is 6.04 Å². The van der Waals surface area contributed by atoms with Gasteiger partial charge in [-0.1, -0.05) is 0 Å². The first kappa shape index (κ1) is 15.9. The van der Waals surface area contributed by atoms with Crippen LogP contribution >= 0.6 is 0 Å². The van der Waals surface area contributed by atoms with Gasteiger partial charge in [-0.2, -0.15) is 0 Å². The van der Waals surface area contributed by atoms with E-state index in [1.807, 2.05) is 0 Å². The zero-order valence-corrected chi connectivity index (χ0v) is 12.0. The van der Waals surface area contributed by atoms with Gasteiger partial charge >= 0.3 is 0 Å². The predicted molar refractivity (Wildman–Crippen MR) is 74.7 cm³/mol. The van der Waals surface area contributed by atoms with E-state index in [0.717, 1.165) is 39.3 Å². The number of aliphatic hydroxyl groups excluding tert-OH is 1. The van der Waals surface area contributed by atoms with Crippen molar-refractivity contribution < 1.29 is 19.1 Å². The Kier molecular flexibility index (Phi) is 6.12. The van der Waals surface area contributed by atoms with Crippen LogP contribution in [0.2, 0.25) is 0 Å². The number of morpholine rings is 1. The van der Waals surface area contributed by atoms with E-state index in [4.69, 9.17) is 20.0 Å². The second-order valence-electron chi connectivity index (χ2n) is 4.92. The van der Waals surface area contributed by atoms with Crippen LogP contribution in [-0.2, 0) is 4.74 Å². The summed E-state index contributed by atoms with van der Waals surface area (Å²) in [6.45, 7) is 4.67. The fourth-order valence-electron chi connectivity index (χ4n) is 2.06. The zero-order valence-electron chi connectivity index (χ0n) is 12.0. The van der Waals surface area contributed by atoms with Gasteiger partial charge in [0.05, 0.1) is 19.8 Å². The Labute approximate surface area is 123 Å². The summed E-state index contributed by atoms with van der Waals surface area (Å²) in [5.41, 5.74) is 5.74. The number of ether oxygens (including phenoxy) is 1. The topological polar surface area (TPSA) is 114 Å². The van der Waals surface area contributed by atoms with Gasteiger partial charge in [-0.25, -0.2) is 4.98 Å². The molecule has 0 radical (unpaired) electrons. The summed E-state index contributed by atoms with van der Waals surface area (Å²) in [6.07, 6.45) is 2.12. The average molecular weight is 298 g/mol. The number of nitrogens with one attached hydrogen (secondary N) is 1. The van der Waals surface area contributed by atoms with E-state index in [0.29, 0.717) is 6.54 Å². The number of rotatable bonds is 7. The molecule has 118 valence electrons. The number of hydrogen-bond donors (Lipinski definition) is 3. The minimum absolute atomic E-state index is 0.163. The van der Waals surface area contributed by atoms with Gasteiger partial charge in [-0.05, 0) is 13.0 Å². The Hall–Kier alpha value is -1.48. The predicted octanol–water partition coefficient (Wildman–Crippen LogP) is -0.881. The zero-order chi connectivity index (χ0) is 15.1. The molecule has 8 nitrogen and oxygen atoms in total. The average Bonchev–Trinajstić information content (AvgIpc) is 3.01. The SMILES string of the molecule is NC(CO)c1nc(C(=O)NCCCN2CCOCC2)co1. The van der Waals surface area contributed by atoms with Crippen molar-refractivity contribution >= 4 is 5.91 Å². The molecule has 0 spiro atoms. The molecule has 4 N–H and O–H groups in total. The molecule has 1 fully saturated rings. The minimum atomic E-state index is -0.701. The van der Waals surface area contributed by atoms with Crippen molar-refractivity contribution in [2.45, 2.75) is 12.5 Å². The lowest BCUT2D eigenvalue weighted by Crippen LogP contribution is -2.38. The molecule has 0 bridgehead atoms. The molecule has 1 atom stereocenters. The molecular weight excluding hydrogens is 276 g/mol. The summed E-state index contributed by atoms with van der Waals surface area (Å²) in [7, 11) is 0. The molecule has 2 rings (SSSR count). The summed E-state index contributed by atoms with van der Waals surface area (Å²) in [6, 6.07) is -0.701. The first-order valence-electron chi connectivity index (χ1n) is 7.11. The number of oxazole rings is 1. The number of amides is 1. The highest BCUT2D eigenvalue weighted by molar-refractivity contribution is 5.91. The molecule has 1 aliphatic heterocycles. The summed E-state index contributed by atoms with van der Waals surface area (Å²) in [4.78, 5) is 18.1. The highest BCUT2D eigenvalue weighted by atomic mass is 16.5. The van der Waals surface area contributed by atoms with Crippen LogP contribution in [0.4, 0.5) is 0 Å². The van der Waals surface area contributed by atoms with Gasteiger partial charge in [0.1, 0.15) is 12.3 Å². The van der Waals surface area contributed by atoms with Crippen molar-refractivity contribution in [3.63, 3.8) is 0 Å². The van der Waals surface area contributed by atoms with Gasteiger partial charge < -0.3 is 25.3 Å². The Morgan fingerprint density at radius 1 is 1.52 bits per heavy atom. The Morgan fingerprint density at radius 2 is 2.29 bits per heavy atom. The number of aromatic nitrogens is 1. The molecular formula is C13H22N4O4. The third-order valence-corrected chi connectivity index (χ3v) is 3.31. The van der Waals surface area contributed by atoms with Crippen molar-refractivity contribution in [1.29, 1.82) is 0 Å². The molecule has 1 saturated heterocycles. The quantitative estimate of drug-likeness (QED) is 0.560. The van der Waals surface area contributed by atoms with Gasteiger partial charge in [0, 0.05) is 19.6 Å². The lowest BCUT2D eigenvalue weighted by molar-refractivity contribution is 0.0374. The Balaban J connectivity index is 1.68. The molecule has 1 amide bonds. The molecule has 21 heavy (non-hydrogen) atoms. The standard InChI is InChI=1S/C13H22N4O4/c14-10(8-18)13-16-11(9-21-13)12(19)15-2-1-3-17-4-6-20-7-5-17/h9-10,18H,1-8,14H2,(H,15,19). The van der Waals surface area contributed by atoms with Gasteiger partial charge in [0.25, 0.3) is 5.91 Å². The third-order valence-electron chi connectivity index (χ3n) is 3.31. The molecule has 8 heteroatoms. The maximum Gasteiger partial charge on any atom is 0.273 e. The number of hydrogen-bond acceptors (Lipinski definition) is 7. The number of carbonyl (C=O) groups is 1. The maximum atomic E-state index is 11.8. The van der Waals surface area contributed by atoms with Gasteiger partial charge in [0.2, 0.25) is 5.89 Å². The number of carbonyl (C=O) groups excluding carboxylic acids is 1. The normalized spacial score (nSPS) is 17.6. The smallest absolute Gasteiger partial charge is 0.273 e. The van der Waals surface area contributed by atoms with Crippen molar-refractivity contribution in [2.75, 3.05) is 46.0 Å². The van der Waals surface area contributed by atoms with Crippen LogP contribution in [0.5, 0.6) is 0 Å². The molecule has 1 aromatic rings. The number of nitrogens with two attached hydrogens (primary N) is 1. The van der Waals surface area contributed by atoms with Gasteiger partial charge in [-0.15, -0.1) is 0 Å². The fraction of sp³-hybridized carbons (Fsp3) is 0.692. The summed E-state index contributed by atoms with van der Waals surface area (Å²) >= 11 is 0. The van der Waals surface area contributed by atoms with Crippen LogP contribution in [0.1, 0.15) is 28.8 Å². The minimum Gasteiger partial charge on any atom is -0.446 e. The molecule has 0 aliphatic carbocycles. The monoisotopic (exact) mass is 298 g/mol. The molecule has 1 unspecified atom stereocenters. The van der Waals surface area contributed by atoms with Crippen LogP contribution in [-0.4, -0.2) is 66.9 Å². The van der Waals surface area contributed by atoms with E-state index in [1.54, 1.807) is 0 Å². The first-order valence-corrected chi connectivity index (χ1v) is 7.11. The highest BCUT2D eigenvalue weighted by Gasteiger charge is 2.16. The summed E-state index contributed by atoms with van der Waals surface area (Å²) < 4.78 is 10.3. The van der Waals surface area contributed by atoms with Crippen LogP contribution < -0.4 is 11.1 Å². The van der Waals surface area contributed by atoms with Crippen LogP contribution in [0.3, 0.4) is 0 Å². The van der Waals surface area contributed by atoms with E-state index in [2.05, 4.69) is 15.2 Å². The lowest BCUT2D eigenvalue weighted by atomic mass is 10.3. The van der Waals surface area contributed by atoms with Crippen molar-refractivity contribution in [3.8, 4) is 0 Å². The molecule has 1 aliphatic rings. The van der Waals surface area contributed by atoms with Crippen LogP contribution in [0.15, 0.2) is 10.7 Å². The molecule has 0 aromatic carbocycles.